The maximum absolute atomic E-state index is 12.6. The lowest BCUT2D eigenvalue weighted by Gasteiger charge is -2.34. The Morgan fingerprint density at radius 2 is 2.00 bits per heavy atom. The number of aryl methyl sites for hydroxylation is 1. The van der Waals surface area contributed by atoms with Gasteiger partial charge >= 0.3 is 12.0 Å². The first-order valence-electron chi connectivity index (χ1n) is 8.05. The Kier molecular flexibility index (Phi) is 5.04. The molecule has 3 rings (SSSR count). The fourth-order valence-electron chi connectivity index (χ4n) is 2.76. The van der Waals surface area contributed by atoms with Crippen LogP contribution in [0.15, 0.2) is 40.8 Å². The normalized spacial score (nSPS) is 17.3. The Morgan fingerprint density at radius 3 is 2.64 bits per heavy atom. The molecular weight excluding hydrogens is 324 g/mol. The van der Waals surface area contributed by atoms with Crippen molar-refractivity contribution in [2.24, 2.45) is 0 Å². The van der Waals surface area contributed by atoms with Crippen LogP contribution in [0.1, 0.15) is 33.5 Å². The second-order valence-electron chi connectivity index (χ2n) is 5.89. The number of nitrogens with one attached hydrogen (secondary N) is 1. The zero-order chi connectivity index (χ0) is 17.8. The van der Waals surface area contributed by atoms with E-state index in [4.69, 9.17) is 14.3 Å². The molecule has 0 radical (unpaired) electrons. The number of amides is 2. The van der Waals surface area contributed by atoms with E-state index in [1.165, 1.54) is 12.1 Å². The van der Waals surface area contributed by atoms with E-state index in [9.17, 15) is 9.59 Å². The Morgan fingerprint density at radius 1 is 1.24 bits per heavy atom. The highest BCUT2D eigenvalue weighted by Gasteiger charge is 2.30. The van der Waals surface area contributed by atoms with Gasteiger partial charge in [-0.3, -0.25) is 0 Å². The number of benzene rings is 1. The fraction of sp³-hybridized carbons (Fsp3) is 0.333. The monoisotopic (exact) mass is 344 g/mol. The lowest BCUT2D eigenvalue weighted by Crippen LogP contribution is -2.47. The van der Waals surface area contributed by atoms with Crippen molar-refractivity contribution in [3.05, 3.63) is 59.0 Å². The summed E-state index contributed by atoms with van der Waals surface area (Å²) >= 11 is 0. The molecule has 2 heterocycles. The number of aromatic carboxylic acids is 1. The number of carbonyl (C=O) groups excluding carboxylic acids is 1. The van der Waals surface area contributed by atoms with Gasteiger partial charge in [-0.25, -0.2) is 9.59 Å². The lowest BCUT2D eigenvalue weighted by atomic mass is 10.1. The van der Waals surface area contributed by atoms with Crippen LogP contribution in [-0.2, 0) is 11.3 Å². The number of carbonyl (C=O) groups is 2. The van der Waals surface area contributed by atoms with Crippen molar-refractivity contribution in [2.75, 3.05) is 19.8 Å². The number of hydrogen-bond acceptors (Lipinski definition) is 4. The molecule has 7 heteroatoms. The first-order valence-corrected chi connectivity index (χ1v) is 8.05. The standard InChI is InChI=1S/C18H20N2O5/c1-12-2-7-16(25-12)15-11-24-9-8-20(15)18(23)19-10-13-3-5-14(6-4-13)17(21)22/h2-7,15H,8-11H2,1H3,(H,19,23)(H,21,22). The minimum atomic E-state index is -0.972. The third-order valence-electron chi connectivity index (χ3n) is 4.12. The average molecular weight is 344 g/mol. The second kappa shape index (κ2) is 7.40. The van der Waals surface area contributed by atoms with Crippen molar-refractivity contribution in [1.82, 2.24) is 10.2 Å². The molecule has 25 heavy (non-hydrogen) atoms. The van der Waals surface area contributed by atoms with Crippen molar-refractivity contribution in [2.45, 2.75) is 19.5 Å². The maximum atomic E-state index is 12.6. The van der Waals surface area contributed by atoms with E-state index in [0.29, 0.717) is 32.1 Å². The molecule has 0 aliphatic carbocycles. The molecule has 0 saturated carbocycles. The van der Waals surface area contributed by atoms with Crippen molar-refractivity contribution in [3.63, 3.8) is 0 Å². The molecule has 132 valence electrons. The van der Waals surface area contributed by atoms with Crippen LogP contribution >= 0.6 is 0 Å². The summed E-state index contributed by atoms with van der Waals surface area (Å²) in [5, 5.41) is 11.8. The van der Waals surface area contributed by atoms with Crippen molar-refractivity contribution in [3.8, 4) is 0 Å². The van der Waals surface area contributed by atoms with E-state index in [1.807, 2.05) is 19.1 Å². The van der Waals surface area contributed by atoms with Gasteiger partial charge in [0.2, 0.25) is 0 Å². The number of carboxylic acids is 1. The molecule has 1 aliphatic rings. The number of nitrogens with zero attached hydrogens (tertiary/aromatic N) is 1. The summed E-state index contributed by atoms with van der Waals surface area (Å²) in [6.07, 6.45) is 0. The van der Waals surface area contributed by atoms with Gasteiger partial charge in [-0.05, 0) is 36.8 Å². The molecule has 1 aromatic carbocycles. The van der Waals surface area contributed by atoms with Crippen LogP contribution in [0.2, 0.25) is 0 Å². The quantitative estimate of drug-likeness (QED) is 0.889. The predicted molar refractivity (Wildman–Crippen MR) is 89.3 cm³/mol. The Balaban J connectivity index is 1.63. The number of rotatable bonds is 4. The van der Waals surface area contributed by atoms with Gasteiger partial charge in [-0.15, -0.1) is 0 Å². The van der Waals surface area contributed by atoms with Gasteiger partial charge in [0, 0.05) is 13.1 Å². The van der Waals surface area contributed by atoms with Gasteiger partial charge < -0.3 is 24.5 Å². The molecule has 7 nitrogen and oxygen atoms in total. The molecule has 0 spiro atoms. The zero-order valence-corrected chi connectivity index (χ0v) is 13.9. The Labute approximate surface area is 145 Å². The van der Waals surface area contributed by atoms with Gasteiger partial charge in [-0.1, -0.05) is 12.1 Å². The average Bonchev–Trinajstić information content (AvgIpc) is 3.06. The lowest BCUT2D eigenvalue weighted by molar-refractivity contribution is 0.00400. The summed E-state index contributed by atoms with van der Waals surface area (Å²) in [7, 11) is 0. The van der Waals surface area contributed by atoms with Gasteiger partial charge in [-0.2, -0.15) is 0 Å². The topological polar surface area (TPSA) is 92.0 Å². The fourth-order valence-corrected chi connectivity index (χ4v) is 2.76. The van der Waals surface area contributed by atoms with Crippen molar-refractivity contribution in [1.29, 1.82) is 0 Å². The highest BCUT2D eigenvalue weighted by atomic mass is 16.5. The molecule has 1 unspecified atom stereocenters. The molecule has 1 aromatic heterocycles. The molecular formula is C18H20N2O5. The van der Waals surface area contributed by atoms with Gasteiger partial charge in [0.1, 0.15) is 17.6 Å². The van der Waals surface area contributed by atoms with Gasteiger partial charge in [0.15, 0.2) is 0 Å². The van der Waals surface area contributed by atoms with E-state index < -0.39 is 5.97 Å². The number of urea groups is 1. The third-order valence-corrected chi connectivity index (χ3v) is 4.12. The summed E-state index contributed by atoms with van der Waals surface area (Å²) in [6, 6.07) is 9.69. The number of carboxylic acid groups (broad SMARTS) is 1. The van der Waals surface area contributed by atoms with Crippen LogP contribution < -0.4 is 5.32 Å². The SMILES string of the molecule is Cc1ccc(C2COCCN2C(=O)NCc2ccc(C(=O)O)cc2)o1. The number of furan rings is 1. The zero-order valence-electron chi connectivity index (χ0n) is 13.9. The molecule has 1 saturated heterocycles. The summed E-state index contributed by atoms with van der Waals surface area (Å²) in [4.78, 5) is 25.1. The summed E-state index contributed by atoms with van der Waals surface area (Å²) < 4.78 is 11.1. The van der Waals surface area contributed by atoms with E-state index in [0.717, 1.165) is 11.3 Å². The first-order chi connectivity index (χ1) is 12.0. The predicted octanol–water partition coefficient (Wildman–Crippen LogP) is 2.57. The molecule has 2 amide bonds. The number of morpholine rings is 1. The second-order valence-corrected chi connectivity index (χ2v) is 5.89. The van der Waals surface area contributed by atoms with Crippen molar-refractivity contribution >= 4 is 12.0 Å². The van der Waals surface area contributed by atoms with Crippen LogP contribution in [0.25, 0.3) is 0 Å². The molecule has 1 aliphatic heterocycles. The van der Waals surface area contributed by atoms with E-state index in [-0.39, 0.29) is 17.6 Å². The third kappa shape index (κ3) is 4.00. The maximum Gasteiger partial charge on any atom is 0.335 e. The Hall–Kier alpha value is -2.80. The van der Waals surface area contributed by atoms with Crippen LogP contribution in [0.4, 0.5) is 4.79 Å². The molecule has 2 N–H and O–H groups in total. The van der Waals surface area contributed by atoms with E-state index >= 15 is 0 Å². The minimum Gasteiger partial charge on any atom is -0.478 e. The number of ether oxygens (including phenoxy) is 1. The molecule has 0 bridgehead atoms. The van der Waals surface area contributed by atoms with E-state index in [1.54, 1.807) is 17.0 Å². The Bertz CT molecular complexity index is 753. The highest BCUT2D eigenvalue weighted by Crippen LogP contribution is 2.25. The van der Waals surface area contributed by atoms with Gasteiger partial charge in [0.25, 0.3) is 0 Å². The molecule has 1 atom stereocenters. The summed E-state index contributed by atoms with van der Waals surface area (Å²) in [5.74, 6) is 0.526. The van der Waals surface area contributed by atoms with Crippen molar-refractivity contribution < 1.29 is 23.8 Å². The molecule has 1 fully saturated rings. The largest absolute Gasteiger partial charge is 0.478 e. The molecule has 2 aromatic rings. The highest BCUT2D eigenvalue weighted by molar-refractivity contribution is 5.87. The number of hydrogen-bond donors (Lipinski definition) is 2. The summed E-state index contributed by atoms with van der Waals surface area (Å²) in [5.41, 5.74) is 1.05. The van der Waals surface area contributed by atoms with Gasteiger partial charge in [0.05, 0.1) is 18.8 Å². The minimum absolute atomic E-state index is 0.204. The van der Waals surface area contributed by atoms with Crippen LogP contribution in [0.5, 0.6) is 0 Å². The van der Waals surface area contributed by atoms with Crippen LogP contribution in [-0.4, -0.2) is 41.8 Å². The summed E-state index contributed by atoms with van der Waals surface area (Å²) in [6.45, 7) is 3.54. The smallest absolute Gasteiger partial charge is 0.335 e. The van der Waals surface area contributed by atoms with E-state index in [2.05, 4.69) is 5.32 Å². The van der Waals surface area contributed by atoms with Crippen LogP contribution in [0.3, 0.4) is 0 Å². The van der Waals surface area contributed by atoms with Crippen LogP contribution in [0, 0.1) is 6.92 Å². The first kappa shape index (κ1) is 17.0.